The minimum atomic E-state index is -0.279. The number of ether oxygens (including phenoxy) is 2. The predicted octanol–water partition coefficient (Wildman–Crippen LogP) is 4.21. The molecule has 0 saturated carbocycles. The van der Waals surface area contributed by atoms with Crippen molar-refractivity contribution in [3.05, 3.63) is 101 Å². The third-order valence-corrected chi connectivity index (χ3v) is 5.54. The summed E-state index contributed by atoms with van der Waals surface area (Å²) in [6, 6.07) is 23.5. The molecule has 3 aromatic rings. The summed E-state index contributed by atoms with van der Waals surface area (Å²) in [7, 11) is 0. The third kappa shape index (κ3) is 5.93. The molecule has 1 N–H and O–H groups in total. The minimum absolute atomic E-state index is 0.118. The van der Waals surface area contributed by atoms with Crippen molar-refractivity contribution in [2.75, 3.05) is 32.8 Å². The van der Waals surface area contributed by atoms with Gasteiger partial charge in [-0.3, -0.25) is 9.69 Å². The first kappa shape index (κ1) is 22.0. The first-order valence-electron chi connectivity index (χ1n) is 10.8. The van der Waals surface area contributed by atoms with Crippen molar-refractivity contribution < 1.29 is 18.7 Å². The SMILES string of the molecule is O=C(NCC(c1cccc(F)c1)N1CCOCC1)c1ccc(OCc2ccccc2)cc1. The topological polar surface area (TPSA) is 50.8 Å². The van der Waals surface area contributed by atoms with Crippen molar-refractivity contribution in [2.45, 2.75) is 12.6 Å². The zero-order valence-corrected chi connectivity index (χ0v) is 17.9. The quantitative estimate of drug-likeness (QED) is 0.577. The van der Waals surface area contributed by atoms with E-state index in [2.05, 4.69) is 10.2 Å². The van der Waals surface area contributed by atoms with Gasteiger partial charge in [0, 0.05) is 25.2 Å². The molecule has 32 heavy (non-hydrogen) atoms. The lowest BCUT2D eigenvalue weighted by atomic mass is 10.0. The first-order valence-corrected chi connectivity index (χ1v) is 10.8. The van der Waals surface area contributed by atoms with Crippen molar-refractivity contribution in [2.24, 2.45) is 0 Å². The molecule has 1 fully saturated rings. The van der Waals surface area contributed by atoms with E-state index in [4.69, 9.17) is 9.47 Å². The molecule has 6 heteroatoms. The number of nitrogens with zero attached hydrogens (tertiary/aromatic N) is 1. The highest BCUT2D eigenvalue weighted by Gasteiger charge is 2.23. The highest BCUT2D eigenvalue weighted by atomic mass is 19.1. The summed E-state index contributed by atoms with van der Waals surface area (Å²) in [5, 5.41) is 3.01. The van der Waals surface area contributed by atoms with Crippen LogP contribution in [0.4, 0.5) is 4.39 Å². The van der Waals surface area contributed by atoms with Crippen molar-refractivity contribution in [3.63, 3.8) is 0 Å². The Labute approximate surface area is 187 Å². The second kappa shape index (κ2) is 10.9. The predicted molar refractivity (Wildman–Crippen MR) is 121 cm³/mol. The van der Waals surface area contributed by atoms with Gasteiger partial charge in [-0.2, -0.15) is 0 Å². The molecule has 4 rings (SSSR count). The molecule has 1 unspecified atom stereocenters. The van der Waals surface area contributed by atoms with Crippen LogP contribution >= 0.6 is 0 Å². The van der Waals surface area contributed by atoms with E-state index in [1.165, 1.54) is 12.1 Å². The summed E-state index contributed by atoms with van der Waals surface area (Å²) >= 11 is 0. The van der Waals surface area contributed by atoms with Crippen LogP contribution in [0.25, 0.3) is 0 Å². The summed E-state index contributed by atoms with van der Waals surface area (Å²) in [4.78, 5) is 15.0. The van der Waals surface area contributed by atoms with Crippen molar-refractivity contribution in [3.8, 4) is 5.75 Å². The molecule has 1 amide bonds. The summed E-state index contributed by atoms with van der Waals surface area (Å²) in [5.74, 6) is 0.254. The highest BCUT2D eigenvalue weighted by Crippen LogP contribution is 2.22. The maximum absolute atomic E-state index is 13.8. The number of carbonyl (C=O) groups excluding carboxylic acids is 1. The van der Waals surface area contributed by atoms with Gasteiger partial charge in [-0.05, 0) is 47.5 Å². The average Bonchev–Trinajstić information content (AvgIpc) is 2.84. The van der Waals surface area contributed by atoms with Crippen molar-refractivity contribution in [1.82, 2.24) is 10.2 Å². The molecule has 0 aromatic heterocycles. The number of benzene rings is 3. The Morgan fingerprint density at radius 2 is 1.75 bits per heavy atom. The number of halogens is 1. The molecule has 1 aliphatic rings. The summed E-state index contributed by atoms with van der Waals surface area (Å²) < 4.78 is 25.1. The highest BCUT2D eigenvalue weighted by molar-refractivity contribution is 5.94. The molecule has 1 aliphatic heterocycles. The summed E-state index contributed by atoms with van der Waals surface area (Å²) in [6.07, 6.45) is 0. The molecule has 0 aliphatic carbocycles. The van der Waals surface area contributed by atoms with Gasteiger partial charge in [-0.1, -0.05) is 42.5 Å². The van der Waals surface area contributed by atoms with Crippen LogP contribution in [0.15, 0.2) is 78.9 Å². The number of morpholine rings is 1. The molecule has 1 atom stereocenters. The van der Waals surface area contributed by atoms with Crippen LogP contribution in [-0.2, 0) is 11.3 Å². The molecule has 0 radical (unpaired) electrons. The summed E-state index contributed by atoms with van der Waals surface area (Å²) in [5.41, 5.74) is 2.48. The van der Waals surface area contributed by atoms with Gasteiger partial charge in [0.2, 0.25) is 0 Å². The maximum Gasteiger partial charge on any atom is 0.251 e. The van der Waals surface area contributed by atoms with Gasteiger partial charge in [0.05, 0.1) is 19.3 Å². The molecular weight excluding hydrogens is 407 g/mol. The molecule has 3 aromatic carbocycles. The number of carbonyl (C=O) groups is 1. The van der Waals surface area contributed by atoms with Crippen LogP contribution in [0.3, 0.4) is 0 Å². The van der Waals surface area contributed by atoms with Crippen LogP contribution in [0.5, 0.6) is 5.75 Å². The Kier molecular flexibility index (Phi) is 7.48. The minimum Gasteiger partial charge on any atom is -0.489 e. The molecule has 0 spiro atoms. The van der Waals surface area contributed by atoms with E-state index >= 15 is 0 Å². The van der Waals surface area contributed by atoms with Crippen LogP contribution in [0.2, 0.25) is 0 Å². The Hall–Kier alpha value is -3.22. The van der Waals surface area contributed by atoms with Gasteiger partial charge < -0.3 is 14.8 Å². The van der Waals surface area contributed by atoms with E-state index in [9.17, 15) is 9.18 Å². The lowest BCUT2D eigenvalue weighted by molar-refractivity contribution is 0.0162. The van der Waals surface area contributed by atoms with Crippen LogP contribution in [-0.4, -0.2) is 43.7 Å². The molecule has 0 bridgehead atoms. The number of hydrogen-bond acceptors (Lipinski definition) is 4. The zero-order valence-electron chi connectivity index (χ0n) is 17.9. The van der Waals surface area contributed by atoms with Gasteiger partial charge in [0.1, 0.15) is 18.2 Å². The smallest absolute Gasteiger partial charge is 0.251 e. The molecule has 166 valence electrons. The van der Waals surface area contributed by atoms with Crippen LogP contribution in [0, 0.1) is 5.82 Å². The Balaban J connectivity index is 1.37. The average molecular weight is 435 g/mol. The fourth-order valence-corrected chi connectivity index (χ4v) is 3.80. The van der Waals surface area contributed by atoms with Crippen molar-refractivity contribution >= 4 is 5.91 Å². The lowest BCUT2D eigenvalue weighted by Crippen LogP contribution is -2.43. The Morgan fingerprint density at radius 3 is 2.47 bits per heavy atom. The number of rotatable bonds is 8. The largest absolute Gasteiger partial charge is 0.489 e. The van der Waals surface area contributed by atoms with E-state index in [0.29, 0.717) is 37.7 Å². The van der Waals surface area contributed by atoms with Gasteiger partial charge in [-0.15, -0.1) is 0 Å². The van der Waals surface area contributed by atoms with E-state index in [0.717, 1.165) is 24.2 Å². The van der Waals surface area contributed by atoms with Gasteiger partial charge in [0.15, 0.2) is 0 Å². The lowest BCUT2D eigenvalue weighted by Gasteiger charge is -2.35. The van der Waals surface area contributed by atoms with E-state index < -0.39 is 0 Å². The molecular formula is C26H27FN2O3. The van der Waals surface area contributed by atoms with Gasteiger partial charge >= 0.3 is 0 Å². The monoisotopic (exact) mass is 434 g/mol. The second-order valence-electron chi connectivity index (χ2n) is 7.73. The fourth-order valence-electron chi connectivity index (χ4n) is 3.80. The van der Waals surface area contributed by atoms with Crippen LogP contribution in [0.1, 0.15) is 27.5 Å². The standard InChI is InChI=1S/C26H27FN2O3/c27-23-8-4-7-22(17-23)25(29-13-15-31-16-14-29)18-28-26(30)21-9-11-24(12-10-21)32-19-20-5-2-1-3-6-20/h1-12,17,25H,13-16,18-19H2,(H,28,30). The normalized spacial score (nSPS) is 15.2. The van der Waals surface area contributed by atoms with Crippen molar-refractivity contribution in [1.29, 1.82) is 0 Å². The van der Waals surface area contributed by atoms with Gasteiger partial charge in [0.25, 0.3) is 5.91 Å². The maximum atomic E-state index is 13.8. The van der Waals surface area contributed by atoms with E-state index in [1.807, 2.05) is 36.4 Å². The summed E-state index contributed by atoms with van der Waals surface area (Å²) in [6.45, 7) is 3.60. The van der Waals surface area contributed by atoms with Gasteiger partial charge in [-0.25, -0.2) is 4.39 Å². The molecule has 1 saturated heterocycles. The van der Waals surface area contributed by atoms with Crippen LogP contribution < -0.4 is 10.1 Å². The molecule has 5 nitrogen and oxygen atoms in total. The van der Waals surface area contributed by atoms with E-state index in [1.54, 1.807) is 30.3 Å². The number of nitrogens with one attached hydrogen (secondary N) is 1. The third-order valence-electron chi connectivity index (χ3n) is 5.54. The van der Waals surface area contributed by atoms with E-state index in [-0.39, 0.29) is 17.8 Å². The number of amides is 1. The molecule has 1 heterocycles. The zero-order chi connectivity index (χ0) is 22.2. The Morgan fingerprint density at radius 1 is 1.00 bits per heavy atom. The Bertz CT molecular complexity index is 1010. The fraction of sp³-hybridized carbons (Fsp3) is 0.269. The number of hydrogen-bond donors (Lipinski definition) is 1. The second-order valence-corrected chi connectivity index (χ2v) is 7.73. The first-order chi connectivity index (χ1) is 15.7.